The number of rotatable bonds is 3. The first-order valence-corrected chi connectivity index (χ1v) is 10.1. The average Bonchev–Trinajstić information content (AvgIpc) is 3.38. The lowest BCUT2D eigenvalue weighted by Crippen LogP contribution is -2.32. The van der Waals surface area contributed by atoms with Gasteiger partial charge in [0.2, 0.25) is 11.8 Å². The molecule has 2 aromatic carbocycles. The molecule has 2 aromatic rings. The molecule has 28 heavy (non-hydrogen) atoms. The Labute approximate surface area is 170 Å². The molecule has 2 fully saturated rings. The Bertz CT molecular complexity index is 983. The third kappa shape index (κ3) is 2.63. The van der Waals surface area contributed by atoms with Crippen LogP contribution in [0.2, 0.25) is 0 Å². The lowest BCUT2D eigenvalue weighted by Gasteiger charge is -2.17. The summed E-state index contributed by atoms with van der Waals surface area (Å²) >= 11 is 3.36. The summed E-state index contributed by atoms with van der Waals surface area (Å²) in [6.07, 6.45) is 5.07. The van der Waals surface area contributed by atoms with Gasteiger partial charge in [-0.3, -0.25) is 19.3 Å². The number of nitrogens with zero attached hydrogens (tertiary/aromatic N) is 1. The summed E-state index contributed by atoms with van der Waals surface area (Å²) in [6, 6.07) is 13.9. The quantitative estimate of drug-likeness (QED) is 0.583. The number of benzene rings is 2. The summed E-state index contributed by atoms with van der Waals surface area (Å²) in [7, 11) is 0. The zero-order valence-corrected chi connectivity index (χ0v) is 16.4. The molecule has 1 saturated carbocycles. The van der Waals surface area contributed by atoms with Crippen molar-refractivity contribution < 1.29 is 14.4 Å². The van der Waals surface area contributed by atoms with E-state index in [9.17, 15) is 14.4 Å². The number of anilines is 2. The van der Waals surface area contributed by atoms with Crippen LogP contribution in [-0.2, 0) is 9.59 Å². The minimum absolute atomic E-state index is 0.112. The number of amides is 3. The SMILES string of the molecule is O=C(Nc1ccc(Br)cc1)c1ccc(N2C(=O)[C@@H]3[C@@H](C2=O)[C@H]2C=C[C@H]3C2)cc1. The number of carbonyl (C=O) groups is 3. The topological polar surface area (TPSA) is 66.5 Å². The Hall–Kier alpha value is -2.73. The fourth-order valence-electron chi connectivity index (χ4n) is 4.66. The van der Waals surface area contributed by atoms with Gasteiger partial charge >= 0.3 is 0 Å². The van der Waals surface area contributed by atoms with Crippen molar-refractivity contribution in [3.8, 4) is 0 Å². The first kappa shape index (κ1) is 17.4. The van der Waals surface area contributed by atoms with Gasteiger partial charge in [0.1, 0.15) is 0 Å². The summed E-state index contributed by atoms with van der Waals surface area (Å²) in [6.45, 7) is 0. The van der Waals surface area contributed by atoms with E-state index in [1.54, 1.807) is 36.4 Å². The van der Waals surface area contributed by atoms with Crippen molar-refractivity contribution in [1.29, 1.82) is 0 Å². The molecule has 140 valence electrons. The van der Waals surface area contributed by atoms with Gasteiger partial charge in [0.05, 0.1) is 17.5 Å². The molecule has 6 heteroatoms. The first-order valence-electron chi connectivity index (χ1n) is 9.26. The van der Waals surface area contributed by atoms with Crippen molar-refractivity contribution in [3.63, 3.8) is 0 Å². The van der Waals surface area contributed by atoms with E-state index >= 15 is 0 Å². The summed E-state index contributed by atoms with van der Waals surface area (Å²) in [5.74, 6) is -0.532. The second-order valence-corrected chi connectivity index (χ2v) is 8.44. The van der Waals surface area contributed by atoms with Crippen molar-refractivity contribution in [2.45, 2.75) is 6.42 Å². The maximum absolute atomic E-state index is 12.9. The fraction of sp³-hybridized carbons (Fsp3) is 0.227. The summed E-state index contributed by atoms with van der Waals surface area (Å²) in [5.41, 5.74) is 1.69. The highest BCUT2D eigenvalue weighted by atomic mass is 79.9. The van der Waals surface area contributed by atoms with Crippen LogP contribution in [0.3, 0.4) is 0 Å². The molecule has 1 saturated heterocycles. The van der Waals surface area contributed by atoms with E-state index in [0.29, 0.717) is 16.9 Å². The number of hydrogen-bond donors (Lipinski definition) is 1. The van der Waals surface area contributed by atoms with Gasteiger partial charge in [-0.25, -0.2) is 0 Å². The van der Waals surface area contributed by atoms with Crippen molar-refractivity contribution >= 4 is 45.0 Å². The molecule has 0 spiro atoms. The molecule has 1 heterocycles. The predicted molar refractivity (Wildman–Crippen MR) is 109 cm³/mol. The van der Waals surface area contributed by atoms with E-state index in [1.807, 2.05) is 12.1 Å². The van der Waals surface area contributed by atoms with Crippen molar-refractivity contribution in [2.75, 3.05) is 10.2 Å². The van der Waals surface area contributed by atoms with Crippen LogP contribution in [0.15, 0.2) is 65.2 Å². The van der Waals surface area contributed by atoms with Crippen molar-refractivity contribution in [3.05, 3.63) is 70.7 Å². The van der Waals surface area contributed by atoms with E-state index in [0.717, 1.165) is 10.9 Å². The minimum atomic E-state index is -0.243. The van der Waals surface area contributed by atoms with E-state index < -0.39 is 0 Å². The highest BCUT2D eigenvalue weighted by Gasteiger charge is 2.59. The molecule has 4 atom stereocenters. The smallest absolute Gasteiger partial charge is 0.255 e. The summed E-state index contributed by atoms with van der Waals surface area (Å²) in [4.78, 5) is 39.5. The Morgan fingerprint density at radius 1 is 0.893 bits per heavy atom. The van der Waals surface area contributed by atoms with Crippen LogP contribution in [0.4, 0.5) is 11.4 Å². The lowest BCUT2D eigenvalue weighted by molar-refractivity contribution is -0.123. The number of hydrogen-bond acceptors (Lipinski definition) is 3. The molecule has 3 amide bonds. The second kappa shape index (κ2) is 6.41. The number of fused-ring (bicyclic) bond motifs is 5. The first-order chi connectivity index (χ1) is 13.5. The maximum atomic E-state index is 12.9. The van der Waals surface area contributed by atoms with Gasteiger partial charge in [-0.15, -0.1) is 0 Å². The van der Waals surface area contributed by atoms with Gasteiger partial charge in [0.15, 0.2) is 0 Å². The van der Waals surface area contributed by atoms with Crippen molar-refractivity contribution in [1.82, 2.24) is 0 Å². The van der Waals surface area contributed by atoms with Gasteiger partial charge in [-0.1, -0.05) is 28.1 Å². The monoisotopic (exact) mass is 436 g/mol. The molecule has 0 radical (unpaired) electrons. The number of nitrogens with one attached hydrogen (secondary N) is 1. The molecular formula is C22H17BrN2O3. The number of imide groups is 1. The Balaban J connectivity index is 1.34. The van der Waals surface area contributed by atoms with Gasteiger partial charge in [0, 0.05) is 15.7 Å². The lowest BCUT2D eigenvalue weighted by atomic mass is 9.85. The normalized spacial score (nSPS) is 27.4. The summed E-state index contributed by atoms with van der Waals surface area (Å²) in [5, 5.41) is 2.83. The fourth-order valence-corrected chi connectivity index (χ4v) is 4.92. The molecule has 3 aliphatic rings. The second-order valence-electron chi connectivity index (χ2n) is 7.52. The molecular weight excluding hydrogens is 420 g/mol. The largest absolute Gasteiger partial charge is 0.322 e. The summed E-state index contributed by atoms with van der Waals surface area (Å²) < 4.78 is 0.934. The molecule has 1 aliphatic heterocycles. The molecule has 5 rings (SSSR count). The van der Waals surface area contributed by atoms with Gasteiger partial charge < -0.3 is 5.32 Å². The predicted octanol–water partition coefficient (Wildman–Crippen LogP) is 4.01. The Kier molecular flexibility index (Phi) is 3.98. The molecule has 2 aliphatic carbocycles. The Morgan fingerprint density at radius 3 is 2.04 bits per heavy atom. The van der Waals surface area contributed by atoms with Gasteiger partial charge in [0.25, 0.3) is 5.91 Å². The van der Waals surface area contributed by atoms with E-state index in [2.05, 4.69) is 33.4 Å². The van der Waals surface area contributed by atoms with Crippen LogP contribution in [0.5, 0.6) is 0 Å². The molecule has 0 aromatic heterocycles. The zero-order valence-electron chi connectivity index (χ0n) is 14.8. The van der Waals surface area contributed by atoms with Gasteiger partial charge in [-0.2, -0.15) is 0 Å². The highest BCUT2D eigenvalue weighted by molar-refractivity contribution is 9.10. The average molecular weight is 437 g/mol. The molecule has 0 unspecified atom stereocenters. The van der Waals surface area contributed by atoms with Crippen LogP contribution < -0.4 is 10.2 Å². The third-order valence-electron chi connectivity index (χ3n) is 5.96. The third-order valence-corrected chi connectivity index (χ3v) is 6.49. The van der Waals surface area contributed by atoms with E-state index in [1.165, 1.54) is 4.90 Å². The van der Waals surface area contributed by atoms with E-state index in [-0.39, 0.29) is 41.4 Å². The number of allylic oxidation sites excluding steroid dienone is 2. The zero-order chi connectivity index (χ0) is 19.4. The molecule has 1 N–H and O–H groups in total. The van der Waals surface area contributed by atoms with Crippen LogP contribution >= 0.6 is 15.9 Å². The van der Waals surface area contributed by atoms with E-state index in [4.69, 9.17) is 0 Å². The minimum Gasteiger partial charge on any atom is -0.322 e. The number of carbonyl (C=O) groups excluding carboxylic acids is 3. The standard InChI is InChI=1S/C22H17BrN2O3/c23-15-5-7-16(8-6-15)24-20(26)12-3-9-17(10-4-12)25-21(27)18-13-1-2-14(11-13)19(18)22(25)28/h1-10,13-14,18-19H,11H2,(H,24,26)/t13-,14-,18-,19-/m0/s1. The van der Waals surface area contributed by atoms with Crippen LogP contribution in [0.25, 0.3) is 0 Å². The van der Waals surface area contributed by atoms with Crippen molar-refractivity contribution in [2.24, 2.45) is 23.7 Å². The molecule has 2 bridgehead atoms. The van der Waals surface area contributed by atoms with Crippen LogP contribution in [-0.4, -0.2) is 17.7 Å². The Morgan fingerprint density at radius 2 is 1.46 bits per heavy atom. The van der Waals surface area contributed by atoms with Crippen LogP contribution in [0, 0.1) is 23.7 Å². The van der Waals surface area contributed by atoms with Gasteiger partial charge in [-0.05, 0) is 66.8 Å². The maximum Gasteiger partial charge on any atom is 0.255 e. The number of halogens is 1. The van der Waals surface area contributed by atoms with Crippen LogP contribution in [0.1, 0.15) is 16.8 Å². The molecule has 5 nitrogen and oxygen atoms in total. The highest BCUT2D eigenvalue weighted by Crippen LogP contribution is 2.53.